The first kappa shape index (κ1) is 24.0. The van der Waals surface area contributed by atoms with E-state index in [1.54, 1.807) is 6.92 Å². The summed E-state index contributed by atoms with van der Waals surface area (Å²) in [7, 11) is 0. The second kappa shape index (κ2) is 12.3. The first-order valence-corrected chi connectivity index (χ1v) is 11.7. The van der Waals surface area contributed by atoms with Crippen LogP contribution in [-0.4, -0.2) is 29.2 Å². The highest BCUT2D eigenvalue weighted by molar-refractivity contribution is 5.69. The van der Waals surface area contributed by atoms with Crippen LogP contribution in [0.2, 0.25) is 0 Å². The summed E-state index contributed by atoms with van der Waals surface area (Å²) in [6, 6.07) is 29.4. The number of hydrogen-bond acceptors (Lipinski definition) is 6. The van der Waals surface area contributed by atoms with Crippen molar-refractivity contribution in [2.24, 2.45) is 0 Å². The van der Waals surface area contributed by atoms with Crippen molar-refractivity contribution in [1.29, 1.82) is 0 Å². The minimum absolute atomic E-state index is 0.202. The Labute approximate surface area is 205 Å². The van der Waals surface area contributed by atoms with Gasteiger partial charge >= 0.3 is 5.97 Å². The summed E-state index contributed by atoms with van der Waals surface area (Å²) >= 11 is 0. The molecule has 0 fully saturated rings. The molecule has 0 aliphatic carbocycles. The molecule has 0 unspecified atom stereocenters. The summed E-state index contributed by atoms with van der Waals surface area (Å²) in [5.41, 5.74) is 3.70. The first-order chi connectivity index (χ1) is 17.2. The van der Waals surface area contributed by atoms with Crippen LogP contribution in [0.3, 0.4) is 0 Å². The zero-order valence-electron chi connectivity index (χ0n) is 19.7. The minimum Gasteiger partial charge on any atom is -0.494 e. The average Bonchev–Trinajstić information content (AvgIpc) is 2.91. The van der Waals surface area contributed by atoms with E-state index in [0.29, 0.717) is 44.4 Å². The van der Waals surface area contributed by atoms with Gasteiger partial charge in [0.25, 0.3) is 0 Å². The number of benzene rings is 3. The second-order valence-corrected chi connectivity index (χ2v) is 7.84. The number of hydrogen-bond donors (Lipinski definition) is 0. The summed E-state index contributed by atoms with van der Waals surface area (Å²) < 4.78 is 16.7. The highest BCUT2D eigenvalue weighted by atomic mass is 16.5. The van der Waals surface area contributed by atoms with Gasteiger partial charge < -0.3 is 14.2 Å². The lowest BCUT2D eigenvalue weighted by atomic mass is 10.1. The molecule has 0 saturated carbocycles. The van der Waals surface area contributed by atoms with Gasteiger partial charge in [-0.25, -0.2) is 4.98 Å². The smallest absolute Gasteiger partial charge is 0.305 e. The van der Waals surface area contributed by atoms with Gasteiger partial charge in [0.1, 0.15) is 12.4 Å². The van der Waals surface area contributed by atoms with Crippen LogP contribution in [0.5, 0.6) is 11.6 Å². The number of ether oxygens (including phenoxy) is 3. The Morgan fingerprint density at radius 1 is 0.800 bits per heavy atom. The van der Waals surface area contributed by atoms with Crippen molar-refractivity contribution in [3.8, 4) is 34.3 Å². The topological polar surface area (TPSA) is 70.5 Å². The maximum atomic E-state index is 11.4. The van der Waals surface area contributed by atoms with Crippen molar-refractivity contribution in [1.82, 2.24) is 9.97 Å². The van der Waals surface area contributed by atoms with Gasteiger partial charge in [0.2, 0.25) is 5.88 Å². The zero-order valence-corrected chi connectivity index (χ0v) is 19.7. The Morgan fingerprint density at radius 3 is 2.23 bits per heavy atom. The molecule has 4 rings (SSSR count). The molecular formula is C29H28N2O4. The average molecular weight is 469 g/mol. The maximum absolute atomic E-state index is 11.4. The molecule has 0 bridgehead atoms. The molecule has 0 amide bonds. The van der Waals surface area contributed by atoms with Crippen LogP contribution in [0, 0.1) is 0 Å². The number of carbonyl (C=O) groups excluding carboxylic acids is 1. The third-order valence-electron chi connectivity index (χ3n) is 5.21. The van der Waals surface area contributed by atoms with Crippen LogP contribution < -0.4 is 9.47 Å². The maximum Gasteiger partial charge on any atom is 0.305 e. The number of carbonyl (C=O) groups is 1. The largest absolute Gasteiger partial charge is 0.494 e. The molecule has 0 aliphatic rings. The van der Waals surface area contributed by atoms with Gasteiger partial charge in [0.15, 0.2) is 5.82 Å². The Bertz CT molecular complexity index is 1210. The SMILES string of the molecule is CCOC(=O)CCCOc1ccc(-c2nc(OCc3ccccc3)cc(-c3ccccc3)n2)cc1. The fourth-order valence-electron chi connectivity index (χ4n) is 3.46. The Balaban J connectivity index is 1.49. The van der Waals surface area contributed by atoms with E-state index in [0.717, 1.165) is 28.1 Å². The van der Waals surface area contributed by atoms with Crippen LogP contribution in [0.15, 0.2) is 91.0 Å². The lowest BCUT2D eigenvalue weighted by Gasteiger charge is -2.11. The molecule has 0 atom stereocenters. The van der Waals surface area contributed by atoms with E-state index in [2.05, 4.69) is 4.98 Å². The van der Waals surface area contributed by atoms with Gasteiger partial charge in [0, 0.05) is 23.6 Å². The predicted molar refractivity (Wildman–Crippen MR) is 135 cm³/mol. The summed E-state index contributed by atoms with van der Waals surface area (Å²) in [6.45, 7) is 3.06. The van der Waals surface area contributed by atoms with Gasteiger partial charge in [-0.3, -0.25) is 4.79 Å². The van der Waals surface area contributed by atoms with Crippen molar-refractivity contribution in [3.05, 3.63) is 96.6 Å². The normalized spacial score (nSPS) is 10.5. The molecule has 1 heterocycles. The quantitative estimate of drug-likeness (QED) is 0.195. The summed E-state index contributed by atoms with van der Waals surface area (Å²) in [5.74, 6) is 1.60. The molecule has 4 aromatic rings. The lowest BCUT2D eigenvalue weighted by molar-refractivity contribution is -0.143. The molecule has 3 aromatic carbocycles. The molecule has 0 radical (unpaired) electrons. The standard InChI is InChI=1S/C29H28N2O4/c1-2-33-28(32)14-9-19-34-25-17-15-24(16-18-25)29-30-26(23-12-7-4-8-13-23)20-27(31-29)35-21-22-10-5-3-6-11-22/h3-8,10-13,15-18,20H,2,9,14,19,21H2,1H3. The van der Waals surface area contributed by atoms with Gasteiger partial charge in [0.05, 0.1) is 18.9 Å². The van der Waals surface area contributed by atoms with Gasteiger partial charge in [-0.15, -0.1) is 0 Å². The van der Waals surface area contributed by atoms with Crippen molar-refractivity contribution >= 4 is 5.97 Å². The molecule has 0 N–H and O–H groups in total. The highest BCUT2D eigenvalue weighted by Crippen LogP contribution is 2.27. The Hall–Kier alpha value is -4.19. The second-order valence-electron chi connectivity index (χ2n) is 7.84. The molecule has 35 heavy (non-hydrogen) atoms. The first-order valence-electron chi connectivity index (χ1n) is 11.7. The monoisotopic (exact) mass is 468 g/mol. The number of rotatable bonds is 11. The van der Waals surface area contributed by atoms with Crippen LogP contribution >= 0.6 is 0 Å². The van der Waals surface area contributed by atoms with E-state index >= 15 is 0 Å². The molecule has 0 saturated heterocycles. The van der Waals surface area contributed by atoms with E-state index in [1.165, 1.54) is 0 Å². The van der Waals surface area contributed by atoms with Crippen LogP contribution in [0.1, 0.15) is 25.3 Å². The number of esters is 1. The summed E-state index contributed by atoms with van der Waals surface area (Å²) in [5, 5.41) is 0. The molecule has 0 spiro atoms. The Kier molecular flexibility index (Phi) is 8.43. The van der Waals surface area contributed by atoms with Crippen molar-refractivity contribution in [2.45, 2.75) is 26.4 Å². The summed E-state index contributed by atoms with van der Waals surface area (Å²) in [6.07, 6.45) is 0.947. The van der Waals surface area contributed by atoms with Crippen molar-refractivity contribution < 1.29 is 19.0 Å². The number of nitrogens with zero attached hydrogens (tertiary/aromatic N) is 2. The van der Waals surface area contributed by atoms with Gasteiger partial charge in [-0.1, -0.05) is 60.7 Å². The van der Waals surface area contributed by atoms with E-state index < -0.39 is 0 Å². The summed E-state index contributed by atoms with van der Waals surface area (Å²) in [4.78, 5) is 20.9. The third-order valence-corrected chi connectivity index (χ3v) is 5.21. The van der Waals surface area contributed by atoms with Crippen LogP contribution in [-0.2, 0) is 16.1 Å². The van der Waals surface area contributed by atoms with E-state index in [4.69, 9.17) is 19.2 Å². The van der Waals surface area contributed by atoms with E-state index in [1.807, 2.05) is 91.0 Å². The molecule has 1 aromatic heterocycles. The van der Waals surface area contributed by atoms with Gasteiger partial charge in [-0.2, -0.15) is 4.98 Å². The Morgan fingerprint density at radius 2 is 1.51 bits per heavy atom. The molecule has 178 valence electrons. The van der Waals surface area contributed by atoms with Crippen LogP contribution in [0.4, 0.5) is 0 Å². The van der Waals surface area contributed by atoms with Crippen molar-refractivity contribution in [2.75, 3.05) is 13.2 Å². The third kappa shape index (κ3) is 7.14. The van der Waals surface area contributed by atoms with Crippen molar-refractivity contribution in [3.63, 3.8) is 0 Å². The molecule has 6 heteroatoms. The van der Waals surface area contributed by atoms with Gasteiger partial charge in [-0.05, 0) is 43.2 Å². The number of aromatic nitrogens is 2. The lowest BCUT2D eigenvalue weighted by Crippen LogP contribution is -2.06. The van der Waals surface area contributed by atoms with E-state index in [-0.39, 0.29) is 5.97 Å². The molecule has 0 aliphatic heterocycles. The highest BCUT2D eigenvalue weighted by Gasteiger charge is 2.11. The molecular weight excluding hydrogens is 440 g/mol. The molecule has 6 nitrogen and oxygen atoms in total. The minimum atomic E-state index is -0.202. The van der Waals surface area contributed by atoms with E-state index in [9.17, 15) is 4.79 Å². The fourth-order valence-corrected chi connectivity index (χ4v) is 3.46. The predicted octanol–water partition coefficient (Wildman–Crippen LogP) is 6.11. The zero-order chi connectivity index (χ0) is 24.3. The fraction of sp³-hybridized carbons (Fsp3) is 0.207. The van der Waals surface area contributed by atoms with Crippen LogP contribution in [0.25, 0.3) is 22.6 Å².